The van der Waals surface area contributed by atoms with E-state index in [0.29, 0.717) is 23.8 Å². The second-order valence-corrected chi connectivity index (χ2v) is 4.46. The van der Waals surface area contributed by atoms with Gasteiger partial charge in [-0.05, 0) is 25.6 Å². The Kier molecular flexibility index (Phi) is 4.50. The lowest BCUT2D eigenvalue weighted by molar-refractivity contribution is 0.503. The largest absolute Gasteiger partial charge is 0.304 e. The summed E-state index contributed by atoms with van der Waals surface area (Å²) in [6.45, 7) is 5.25. The molecule has 0 bridgehead atoms. The van der Waals surface area contributed by atoms with E-state index in [4.69, 9.17) is 11.6 Å². The summed E-state index contributed by atoms with van der Waals surface area (Å²) in [5, 5.41) is 7.91. The van der Waals surface area contributed by atoms with E-state index in [1.54, 1.807) is 23.1 Å². The van der Waals surface area contributed by atoms with Gasteiger partial charge in [0.1, 0.15) is 5.82 Å². The van der Waals surface area contributed by atoms with Crippen molar-refractivity contribution in [2.24, 2.45) is 0 Å². The van der Waals surface area contributed by atoms with E-state index < -0.39 is 6.04 Å². The Morgan fingerprint density at radius 3 is 2.89 bits per heavy atom. The molecular weight excluding hydrogens is 267 g/mol. The average Bonchev–Trinajstić information content (AvgIpc) is 2.78. The molecule has 0 aliphatic rings. The van der Waals surface area contributed by atoms with Gasteiger partial charge in [0.2, 0.25) is 0 Å². The number of rotatable bonds is 5. The molecule has 2 heterocycles. The Morgan fingerprint density at radius 2 is 2.26 bits per heavy atom. The standard InChI is InChI=1S/C13H16ClFN4/c1-3-16-12(11-10(15)6-5-7-17-11)13-9(14)8-18-19(13)4-2/h5-8,12,16H,3-4H2,1-2H3. The molecule has 6 heteroatoms. The Morgan fingerprint density at radius 1 is 1.47 bits per heavy atom. The molecule has 0 radical (unpaired) electrons. The first-order chi connectivity index (χ1) is 9.19. The van der Waals surface area contributed by atoms with E-state index in [-0.39, 0.29) is 5.82 Å². The number of pyridine rings is 1. The Bertz CT molecular complexity index is 555. The van der Waals surface area contributed by atoms with Crippen molar-refractivity contribution in [1.82, 2.24) is 20.1 Å². The van der Waals surface area contributed by atoms with Crippen LogP contribution in [-0.4, -0.2) is 21.3 Å². The normalized spacial score (nSPS) is 12.6. The maximum atomic E-state index is 13.9. The zero-order valence-corrected chi connectivity index (χ0v) is 11.7. The van der Waals surface area contributed by atoms with Gasteiger partial charge in [-0.3, -0.25) is 9.67 Å². The molecule has 0 saturated carbocycles. The predicted molar refractivity (Wildman–Crippen MR) is 72.6 cm³/mol. The third-order valence-electron chi connectivity index (χ3n) is 2.87. The first-order valence-electron chi connectivity index (χ1n) is 6.24. The quantitative estimate of drug-likeness (QED) is 0.917. The number of halogens is 2. The topological polar surface area (TPSA) is 42.7 Å². The summed E-state index contributed by atoms with van der Waals surface area (Å²) in [7, 11) is 0. The Hall–Kier alpha value is -1.46. The minimum absolute atomic E-state index is 0.335. The number of hydrogen-bond acceptors (Lipinski definition) is 3. The first kappa shape index (κ1) is 14.0. The minimum atomic E-state index is -0.402. The fraction of sp³-hybridized carbons (Fsp3) is 0.385. The summed E-state index contributed by atoms with van der Waals surface area (Å²) < 4.78 is 15.7. The molecule has 0 aliphatic heterocycles. The van der Waals surface area contributed by atoms with Crippen LogP contribution in [0, 0.1) is 5.82 Å². The van der Waals surface area contributed by atoms with Crippen LogP contribution in [-0.2, 0) is 6.54 Å². The van der Waals surface area contributed by atoms with Crippen LogP contribution in [0.15, 0.2) is 24.5 Å². The van der Waals surface area contributed by atoms with Crippen LogP contribution < -0.4 is 5.32 Å². The first-order valence-corrected chi connectivity index (χ1v) is 6.61. The van der Waals surface area contributed by atoms with Crippen molar-refractivity contribution in [2.45, 2.75) is 26.4 Å². The zero-order chi connectivity index (χ0) is 13.8. The van der Waals surface area contributed by atoms with Gasteiger partial charge in [0.25, 0.3) is 0 Å². The third-order valence-corrected chi connectivity index (χ3v) is 3.17. The molecule has 0 saturated heterocycles. The Labute approximate surface area is 116 Å². The summed E-state index contributed by atoms with van der Waals surface area (Å²) >= 11 is 6.18. The summed E-state index contributed by atoms with van der Waals surface area (Å²) in [4.78, 5) is 4.13. The van der Waals surface area contributed by atoms with Crippen molar-refractivity contribution in [1.29, 1.82) is 0 Å². The van der Waals surface area contributed by atoms with Gasteiger partial charge >= 0.3 is 0 Å². The van der Waals surface area contributed by atoms with Gasteiger partial charge in [0, 0.05) is 12.7 Å². The maximum Gasteiger partial charge on any atom is 0.146 e. The lowest BCUT2D eigenvalue weighted by atomic mass is 10.1. The number of nitrogens with zero attached hydrogens (tertiary/aromatic N) is 3. The highest BCUT2D eigenvalue weighted by molar-refractivity contribution is 6.31. The van der Waals surface area contributed by atoms with Gasteiger partial charge < -0.3 is 5.32 Å². The van der Waals surface area contributed by atoms with E-state index in [1.807, 2.05) is 13.8 Å². The fourth-order valence-electron chi connectivity index (χ4n) is 2.05. The van der Waals surface area contributed by atoms with Crippen LogP contribution in [0.5, 0.6) is 0 Å². The SMILES string of the molecule is CCNC(c1ncccc1F)c1c(Cl)cnn1CC. The van der Waals surface area contributed by atoms with Crippen molar-refractivity contribution < 1.29 is 4.39 Å². The zero-order valence-electron chi connectivity index (χ0n) is 10.9. The second-order valence-electron chi connectivity index (χ2n) is 4.05. The fourth-order valence-corrected chi connectivity index (χ4v) is 2.30. The third kappa shape index (κ3) is 2.77. The van der Waals surface area contributed by atoms with Crippen molar-refractivity contribution in [3.63, 3.8) is 0 Å². The van der Waals surface area contributed by atoms with Gasteiger partial charge in [0.05, 0.1) is 28.6 Å². The van der Waals surface area contributed by atoms with Crippen LogP contribution in [0.2, 0.25) is 5.02 Å². The summed E-state index contributed by atoms with van der Waals surface area (Å²) in [6, 6.07) is 2.56. The highest BCUT2D eigenvalue weighted by atomic mass is 35.5. The van der Waals surface area contributed by atoms with Crippen LogP contribution >= 0.6 is 11.6 Å². The Balaban J connectivity index is 2.51. The molecule has 102 valence electrons. The van der Waals surface area contributed by atoms with Gasteiger partial charge in [-0.25, -0.2) is 4.39 Å². The van der Waals surface area contributed by atoms with Crippen molar-refractivity contribution in [3.8, 4) is 0 Å². The molecule has 19 heavy (non-hydrogen) atoms. The van der Waals surface area contributed by atoms with Crippen molar-refractivity contribution in [2.75, 3.05) is 6.54 Å². The summed E-state index contributed by atoms with van der Waals surface area (Å²) in [5.41, 5.74) is 1.07. The average molecular weight is 283 g/mol. The monoisotopic (exact) mass is 282 g/mol. The molecule has 2 aromatic heterocycles. The van der Waals surface area contributed by atoms with Crippen molar-refractivity contribution >= 4 is 11.6 Å². The van der Waals surface area contributed by atoms with Crippen LogP contribution in [0.25, 0.3) is 0 Å². The molecule has 1 atom stereocenters. The van der Waals surface area contributed by atoms with E-state index in [9.17, 15) is 4.39 Å². The number of aromatic nitrogens is 3. The second kappa shape index (κ2) is 6.12. The molecule has 0 aliphatic carbocycles. The molecule has 4 nitrogen and oxygen atoms in total. The van der Waals surface area contributed by atoms with E-state index in [2.05, 4.69) is 15.4 Å². The van der Waals surface area contributed by atoms with E-state index in [1.165, 1.54) is 6.07 Å². The highest BCUT2D eigenvalue weighted by Crippen LogP contribution is 2.28. The summed E-state index contributed by atoms with van der Waals surface area (Å²) in [6.07, 6.45) is 3.15. The molecule has 1 unspecified atom stereocenters. The molecule has 0 amide bonds. The van der Waals surface area contributed by atoms with E-state index in [0.717, 1.165) is 5.69 Å². The molecular formula is C13H16ClFN4. The highest BCUT2D eigenvalue weighted by Gasteiger charge is 2.24. The number of aryl methyl sites for hydroxylation is 1. The van der Waals surface area contributed by atoms with Gasteiger partial charge in [0.15, 0.2) is 0 Å². The lowest BCUT2D eigenvalue weighted by Gasteiger charge is -2.19. The molecule has 2 rings (SSSR count). The maximum absolute atomic E-state index is 13.9. The summed E-state index contributed by atoms with van der Waals surface area (Å²) in [5.74, 6) is -0.353. The minimum Gasteiger partial charge on any atom is -0.304 e. The molecule has 0 aromatic carbocycles. The predicted octanol–water partition coefficient (Wildman–Crippen LogP) is 2.79. The van der Waals surface area contributed by atoms with Gasteiger partial charge in [-0.1, -0.05) is 18.5 Å². The van der Waals surface area contributed by atoms with Gasteiger partial charge in [-0.15, -0.1) is 0 Å². The molecule has 1 N–H and O–H groups in total. The van der Waals surface area contributed by atoms with Crippen LogP contribution in [0.3, 0.4) is 0 Å². The molecule has 0 spiro atoms. The smallest absolute Gasteiger partial charge is 0.146 e. The van der Waals surface area contributed by atoms with Crippen LogP contribution in [0.4, 0.5) is 4.39 Å². The van der Waals surface area contributed by atoms with Crippen molar-refractivity contribution in [3.05, 3.63) is 46.8 Å². The lowest BCUT2D eigenvalue weighted by Crippen LogP contribution is -2.27. The van der Waals surface area contributed by atoms with E-state index >= 15 is 0 Å². The number of nitrogens with one attached hydrogen (secondary N) is 1. The molecule has 0 fully saturated rings. The van der Waals surface area contributed by atoms with Crippen LogP contribution in [0.1, 0.15) is 31.3 Å². The molecule has 2 aromatic rings. The van der Waals surface area contributed by atoms with Gasteiger partial charge in [-0.2, -0.15) is 5.10 Å². The number of hydrogen-bond donors (Lipinski definition) is 1.